The van der Waals surface area contributed by atoms with Crippen molar-refractivity contribution in [3.05, 3.63) is 125 Å². The van der Waals surface area contributed by atoms with E-state index in [0.717, 1.165) is 38.5 Å². The second kappa shape index (κ2) is 21.4. The van der Waals surface area contributed by atoms with Crippen LogP contribution < -0.4 is 4.74 Å². The van der Waals surface area contributed by atoms with E-state index in [9.17, 15) is 14.4 Å². The monoisotopic (exact) mass is 685 g/mol. The number of benzene rings is 2. The molecular weight excluding hydrogens is 638 g/mol. The molecule has 0 N–H and O–H groups in total. The van der Waals surface area contributed by atoms with Crippen molar-refractivity contribution >= 4 is 40.3 Å². The molecule has 49 heavy (non-hydrogen) atoms. The lowest BCUT2D eigenvalue weighted by molar-refractivity contribution is -0.184. The number of methoxy groups -OCH3 is 1. The maximum Gasteiger partial charge on any atom is 0.313 e. The Hall–Kier alpha value is -4.62. The second-order valence-electron chi connectivity index (χ2n) is 11.4. The van der Waals surface area contributed by atoms with Gasteiger partial charge in [0.1, 0.15) is 5.75 Å². The van der Waals surface area contributed by atoms with E-state index in [-0.39, 0.29) is 18.7 Å². The van der Waals surface area contributed by atoms with E-state index in [4.69, 9.17) is 25.8 Å². The molecule has 3 rings (SSSR count). The number of rotatable bonds is 19. The van der Waals surface area contributed by atoms with Crippen LogP contribution in [0.25, 0.3) is 10.9 Å². The van der Waals surface area contributed by atoms with Crippen LogP contribution in [0, 0.1) is 6.92 Å². The van der Waals surface area contributed by atoms with Gasteiger partial charge < -0.3 is 14.2 Å². The van der Waals surface area contributed by atoms with Crippen LogP contribution in [0.2, 0.25) is 5.02 Å². The van der Waals surface area contributed by atoms with Gasteiger partial charge in [0, 0.05) is 35.0 Å². The molecule has 3 aromatic rings. The minimum Gasteiger partial charge on any atom is -0.497 e. The van der Waals surface area contributed by atoms with Crippen molar-refractivity contribution in [2.24, 2.45) is 0 Å². The summed E-state index contributed by atoms with van der Waals surface area (Å²) >= 11 is 6.02. The predicted octanol–water partition coefficient (Wildman–Crippen LogP) is 10.2. The summed E-state index contributed by atoms with van der Waals surface area (Å²) in [6.07, 6.45) is 26.7. The van der Waals surface area contributed by atoms with Gasteiger partial charge >= 0.3 is 11.9 Å². The van der Waals surface area contributed by atoms with Crippen molar-refractivity contribution in [2.75, 3.05) is 7.11 Å². The molecule has 0 aliphatic rings. The number of hydrogen-bond donors (Lipinski definition) is 0. The van der Waals surface area contributed by atoms with Crippen molar-refractivity contribution in [1.82, 2.24) is 4.57 Å². The average molecular weight is 686 g/mol. The van der Waals surface area contributed by atoms with Crippen LogP contribution in [0.4, 0.5) is 0 Å². The lowest BCUT2D eigenvalue weighted by Gasteiger charge is -2.14. The van der Waals surface area contributed by atoms with Gasteiger partial charge in [0.05, 0.1) is 19.0 Å². The highest BCUT2D eigenvalue weighted by atomic mass is 35.5. The van der Waals surface area contributed by atoms with Crippen LogP contribution in [0.5, 0.6) is 5.75 Å². The molecule has 0 fully saturated rings. The van der Waals surface area contributed by atoms with E-state index in [1.807, 2.05) is 0 Å². The van der Waals surface area contributed by atoms with Gasteiger partial charge in [-0.25, -0.2) is 0 Å². The Morgan fingerprint density at radius 3 is 1.96 bits per heavy atom. The fourth-order valence-electron chi connectivity index (χ4n) is 5.17. The Bertz CT molecular complexity index is 1680. The number of ether oxygens (including phenoxy) is 3. The molecule has 1 unspecified atom stereocenters. The molecule has 8 heteroatoms. The van der Waals surface area contributed by atoms with Gasteiger partial charge in [0.25, 0.3) is 5.91 Å². The number of carbonyl (C=O) groups excluding carboxylic acids is 3. The lowest BCUT2D eigenvalue weighted by Crippen LogP contribution is -2.23. The molecule has 1 heterocycles. The van der Waals surface area contributed by atoms with Crippen LogP contribution in [-0.2, 0) is 25.5 Å². The van der Waals surface area contributed by atoms with E-state index < -0.39 is 18.2 Å². The maximum atomic E-state index is 13.5. The number of unbranched alkanes of at least 4 members (excludes halogenated alkanes) is 1. The summed E-state index contributed by atoms with van der Waals surface area (Å²) in [4.78, 5) is 38.9. The molecule has 0 bridgehead atoms. The van der Waals surface area contributed by atoms with Gasteiger partial charge in [-0.1, -0.05) is 79.3 Å². The van der Waals surface area contributed by atoms with Crippen molar-refractivity contribution in [3.63, 3.8) is 0 Å². The van der Waals surface area contributed by atoms with Gasteiger partial charge in [-0.2, -0.15) is 0 Å². The minimum atomic E-state index is -1.05. The zero-order valence-electron chi connectivity index (χ0n) is 29.0. The highest BCUT2D eigenvalue weighted by molar-refractivity contribution is 6.30. The Morgan fingerprint density at radius 1 is 0.796 bits per heavy atom. The molecule has 1 atom stereocenters. The largest absolute Gasteiger partial charge is 0.497 e. The van der Waals surface area contributed by atoms with Gasteiger partial charge in [0.15, 0.2) is 0 Å². The van der Waals surface area contributed by atoms with E-state index in [1.54, 1.807) is 61.1 Å². The standard InChI is InChI=1S/C41H48ClNO6/c1-5-6-7-8-9-10-11-12-13-14-15-16-17-18-19-20-21-22-39(44)48-32(3)49-40(45)30-36-31(2)43(38-28-27-35(47-4)29-37(36)38)41(46)33-23-25-34(42)26-24-33/h6-7,9-10,12-13,15-16,18-19,23-29,32H,5,8,11,14,17,20-22,30H2,1-4H3. The summed E-state index contributed by atoms with van der Waals surface area (Å²) in [5.41, 5.74) is 2.31. The molecule has 0 aliphatic heterocycles. The molecule has 0 saturated carbocycles. The number of hydrogen-bond acceptors (Lipinski definition) is 6. The molecule has 2 aromatic carbocycles. The molecule has 260 valence electrons. The van der Waals surface area contributed by atoms with Crippen LogP contribution >= 0.6 is 11.6 Å². The van der Waals surface area contributed by atoms with Crippen molar-refractivity contribution in [1.29, 1.82) is 0 Å². The van der Waals surface area contributed by atoms with Crippen LogP contribution in [0.1, 0.15) is 86.8 Å². The summed E-state index contributed by atoms with van der Waals surface area (Å²) in [5, 5.41) is 1.22. The topological polar surface area (TPSA) is 83.8 Å². The van der Waals surface area contributed by atoms with Crippen molar-refractivity contribution in [3.8, 4) is 5.75 Å². The first-order chi connectivity index (χ1) is 23.7. The van der Waals surface area contributed by atoms with Gasteiger partial charge in [-0.3, -0.25) is 19.0 Å². The van der Waals surface area contributed by atoms with Crippen molar-refractivity contribution < 1.29 is 28.6 Å². The molecule has 7 nitrogen and oxygen atoms in total. The Morgan fingerprint density at radius 2 is 1.37 bits per heavy atom. The number of carbonyl (C=O) groups is 3. The smallest absolute Gasteiger partial charge is 0.313 e. The maximum absolute atomic E-state index is 13.5. The van der Waals surface area contributed by atoms with Crippen LogP contribution in [0.15, 0.2) is 103 Å². The Kier molecular flexibility index (Phi) is 16.9. The normalized spacial score (nSPS) is 12.7. The third-order valence-electron chi connectivity index (χ3n) is 7.66. The SMILES string of the molecule is CCC=CCC=CCC=CCC=CCC=CCCCC(=O)OC(C)OC(=O)Cc1c(C)n(C(=O)c2ccc(Cl)cc2)c2ccc(OC)cc12. The second-order valence-corrected chi connectivity index (χ2v) is 11.9. The van der Waals surface area contributed by atoms with Gasteiger partial charge in [-0.15, -0.1) is 0 Å². The first-order valence-electron chi connectivity index (χ1n) is 16.9. The number of allylic oxidation sites excluding steroid dienone is 10. The molecule has 0 radical (unpaired) electrons. The molecule has 0 amide bonds. The van der Waals surface area contributed by atoms with Crippen LogP contribution in [-0.4, -0.2) is 35.8 Å². The van der Waals surface area contributed by atoms with E-state index >= 15 is 0 Å². The quantitative estimate of drug-likeness (QED) is 0.0540. The summed E-state index contributed by atoms with van der Waals surface area (Å²) in [7, 11) is 1.55. The number of nitrogens with zero attached hydrogens (tertiary/aromatic N) is 1. The van der Waals surface area contributed by atoms with E-state index in [2.05, 4.69) is 67.7 Å². The van der Waals surface area contributed by atoms with Gasteiger partial charge in [0.2, 0.25) is 6.29 Å². The zero-order chi connectivity index (χ0) is 35.4. The number of halogens is 1. The van der Waals surface area contributed by atoms with Crippen molar-refractivity contribution in [2.45, 2.75) is 84.8 Å². The predicted molar refractivity (Wildman–Crippen MR) is 198 cm³/mol. The fourth-order valence-corrected chi connectivity index (χ4v) is 5.29. The zero-order valence-corrected chi connectivity index (χ0v) is 29.8. The van der Waals surface area contributed by atoms with E-state index in [0.29, 0.717) is 44.9 Å². The Balaban J connectivity index is 1.42. The molecule has 0 spiro atoms. The molecule has 0 aliphatic carbocycles. The number of esters is 2. The van der Waals surface area contributed by atoms with E-state index in [1.165, 1.54) is 6.92 Å². The van der Waals surface area contributed by atoms with Crippen LogP contribution in [0.3, 0.4) is 0 Å². The lowest BCUT2D eigenvalue weighted by atomic mass is 10.1. The first-order valence-corrected chi connectivity index (χ1v) is 17.2. The molecule has 1 aromatic heterocycles. The summed E-state index contributed by atoms with van der Waals surface area (Å²) < 4.78 is 17.7. The summed E-state index contributed by atoms with van der Waals surface area (Å²) in [6.45, 7) is 5.44. The molecular formula is C41H48ClNO6. The summed E-state index contributed by atoms with van der Waals surface area (Å²) in [5.74, 6) is -0.678. The average Bonchev–Trinajstić information content (AvgIpc) is 3.35. The number of aromatic nitrogens is 1. The molecule has 0 saturated heterocycles. The highest BCUT2D eigenvalue weighted by Gasteiger charge is 2.23. The third kappa shape index (κ3) is 13.1. The first kappa shape index (κ1) is 38.8. The minimum absolute atomic E-state index is 0.123. The summed E-state index contributed by atoms with van der Waals surface area (Å²) in [6, 6.07) is 12.0. The third-order valence-corrected chi connectivity index (χ3v) is 7.91. The van der Waals surface area contributed by atoms with Gasteiger partial charge in [-0.05, 0) is 99.9 Å². The highest BCUT2D eigenvalue weighted by Crippen LogP contribution is 2.31. The fraction of sp³-hybridized carbons (Fsp3) is 0.341. The number of fused-ring (bicyclic) bond motifs is 1. The Labute approximate surface area is 295 Å².